The van der Waals surface area contributed by atoms with Crippen molar-refractivity contribution in [1.82, 2.24) is 19.4 Å². The quantitative estimate of drug-likeness (QED) is 0.617. The molecule has 0 spiro atoms. The molecule has 2 aliphatic heterocycles. The number of aliphatic imine (C=N–C) groups is 1. The van der Waals surface area contributed by atoms with Crippen LogP contribution in [-0.2, 0) is 16.4 Å². The van der Waals surface area contributed by atoms with E-state index in [0.29, 0.717) is 45.1 Å². The van der Waals surface area contributed by atoms with Crippen molar-refractivity contribution in [2.75, 3.05) is 18.8 Å². The van der Waals surface area contributed by atoms with E-state index in [4.69, 9.17) is 31.2 Å². The van der Waals surface area contributed by atoms with Crippen molar-refractivity contribution in [3.63, 3.8) is 0 Å². The molecule has 1 aromatic carbocycles. The molecule has 0 saturated carbocycles. The second kappa shape index (κ2) is 8.25. The van der Waals surface area contributed by atoms with Gasteiger partial charge in [0.25, 0.3) is 0 Å². The standard InChI is InChI=1S/C21H21ClFN7OS/c1-21(12-32-27-6-2-3-7-30(32)20(24)28-21)15-8-13(4-5-16(15)23)18-9-17(29-31-18)19-25-10-14(22)11-26-19/h4-5,8-11H,2-3,6-7,12H2,1H3,(H2,24,28)/t21-,32-/m0/s1. The fourth-order valence-electron chi connectivity index (χ4n) is 3.84. The van der Waals surface area contributed by atoms with E-state index >= 15 is 4.39 Å². The Morgan fingerprint density at radius 3 is 2.84 bits per heavy atom. The Hall–Kier alpha value is -2.85. The van der Waals surface area contributed by atoms with Crippen LogP contribution in [0.3, 0.4) is 0 Å². The number of halogens is 2. The first-order valence-corrected chi connectivity index (χ1v) is 11.9. The minimum Gasteiger partial charge on any atom is -0.369 e. The molecule has 2 atom stereocenters. The van der Waals surface area contributed by atoms with E-state index in [0.717, 1.165) is 25.9 Å². The number of nitrogens with two attached hydrogens (primary N) is 1. The number of nitrogens with zero attached hydrogens (tertiary/aromatic N) is 6. The van der Waals surface area contributed by atoms with E-state index in [1.165, 1.54) is 18.5 Å². The highest BCUT2D eigenvalue weighted by Gasteiger charge is 2.38. The summed E-state index contributed by atoms with van der Waals surface area (Å²) in [6, 6.07) is 6.53. The molecule has 0 amide bonds. The molecule has 0 saturated heterocycles. The van der Waals surface area contributed by atoms with Gasteiger partial charge in [-0.15, -0.1) is 0 Å². The Labute approximate surface area is 191 Å². The molecule has 4 heterocycles. The van der Waals surface area contributed by atoms with Gasteiger partial charge >= 0.3 is 0 Å². The first kappa shape index (κ1) is 21.0. The zero-order valence-electron chi connectivity index (χ0n) is 17.3. The fourth-order valence-corrected chi connectivity index (χ4v) is 5.98. The number of benzene rings is 1. The van der Waals surface area contributed by atoms with E-state index in [1.807, 2.05) is 11.2 Å². The topological polar surface area (TPSA) is 106 Å². The van der Waals surface area contributed by atoms with Crippen LogP contribution < -0.4 is 5.73 Å². The molecule has 2 N–H and O–H groups in total. The lowest BCUT2D eigenvalue weighted by Gasteiger charge is -2.38. The van der Waals surface area contributed by atoms with E-state index in [1.54, 1.807) is 18.2 Å². The monoisotopic (exact) mass is 473 g/mol. The molecule has 8 nitrogen and oxygen atoms in total. The summed E-state index contributed by atoms with van der Waals surface area (Å²) in [5, 5.41) is 4.48. The second-order valence-electron chi connectivity index (χ2n) is 7.89. The third kappa shape index (κ3) is 3.88. The Balaban J connectivity index is 1.51. The zero-order chi connectivity index (χ0) is 22.3. The predicted molar refractivity (Wildman–Crippen MR) is 122 cm³/mol. The molecule has 2 aromatic heterocycles. The Morgan fingerprint density at radius 2 is 2.03 bits per heavy atom. The van der Waals surface area contributed by atoms with E-state index in [9.17, 15) is 0 Å². The van der Waals surface area contributed by atoms with E-state index < -0.39 is 16.4 Å². The van der Waals surface area contributed by atoms with Gasteiger partial charge in [-0.3, -0.25) is 4.31 Å². The van der Waals surface area contributed by atoms with Gasteiger partial charge in [0.05, 0.1) is 10.8 Å². The van der Waals surface area contributed by atoms with Crippen molar-refractivity contribution in [3.8, 4) is 22.8 Å². The van der Waals surface area contributed by atoms with Crippen LogP contribution in [0.15, 0.2) is 50.5 Å². The first-order valence-electron chi connectivity index (χ1n) is 10.2. The highest BCUT2D eigenvalue weighted by Crippen LogP contribution is 2.36. The fraction of sp³-hybridized carbons (Fsp3) is 0.333. The third-order valence-corrected chi connectivity index (χ3v) is 7.86. The lowest BCUT2D eigenvalue weighted by molar-refractivity contribution is 0.433. The number of fused-ring (bicyclic) bond motifs is 1. The van der Waals surface area contributed by atoms with Crippen LogP contribution >= 0.6 is 11.6 Å². The highest BCUT2D eigenvalue weighted by molar-refractivity contribution is 7.85. The van der Waals surface area contributed by atoms with Gasteiger partial charge in [0, 0.05) is 42.7 Å². The Morgan fingerprint density at radius 1 is 1.22 bits per heavy atom. The van der Waals surface area contributed by atoms with Crippen molar-refractivity contribution in [2.45, 2.75) is 25.3 Å². The number of hydrogen-bond donors (Lipinski definition) is 1. The van der Waals surface area contributed by atoms with Gasteiger partial charge in [0.2, 0.25) is 5.96 Å². The molecule has 166 valence electrons. The number of aromatic nitrogens is 3. The third-order valence-electron chi connectivity index (χ3n) is 5.48. The van der Waals surface area contributed by atoms with Crippen molar-refractivity contribution in [2.24, 2.45) is 15.1 Å². The largest absolute Gasteiger partial charge is 0.369 e. The van der Waals surface area contributed by atoms with Gasteiger partial charge in [-0.25, -0.2) is 23.7 Å². The van der Waals surface area contributed by atoms with Crippen molar-refractivity contribution in [3.05, 3.63) is 53.1 Å². The number of hydrogen-bond acceptors (Lipinski definition) is 8. The molecular formula is C21H21ClFN7OS. The summed E-state index contributed by atoms with van der Waals surface area (Å²) in [4.78, 5) is 13.0. The summed E-state index contributed by atoms with van der Waals surface area (Å²) in [6.45, 7) is 3.52. The average Bonchev–Trinajstić information content (AvgIpc) is 3.14. The van der Waals surface area contributed by atoms with Crippen LogP contribution in [0.4, 0.5) is 4.39 Å². The molecule has 2 aliphatic rings. The first-order chi connectivity index (χ1) is 15.4. The number of guanidine groups is 1. The molecule has 3 aromatic rings. The summed E-state index contributed by atoms with van der Waals surface area (Å²) in [5.41, 5.74) is 7.05. The molecule has 0 radical (unpaired) electrons. The van der Waals surface area contributed by atoms with Gasteiger partial charge in [-0.1, -0.05) is 16.8 Å². The summed E-state index contributed by atoms with van der Waals surface area (Å²) in [7, 11) is -0.429. The zero-order valence-corrected chi connectivity index (χ0v) is 18.9. The van der Waals surface area contributed by atoms with Crippen molar-refractivity contribution >= 4 is 28.4 Å². The van der Waals surface area contributed by atoms with Crippen molar-refractivity contribution < 1.29 is 8.91 Å². The molecule has 11 heteroatoms. The minimum atomic E-state index is -0.834. The molecule has 5 rings (SSSR count). The SMILES string of the molecule is C[C@@]1(c2cc(-c3cc(-c4ncc(Cl)cn4)no3)ccc2F)C[S@]2=NCCCCN2C(N)=N1. The van der Waals surface area contributed by atoms with Gasteiger partial charge in [0.15, 0.2) is 17.3 Å². The van der Waals surface area contributed by atoms with Crippen molar-refractivity contribution in [1.29, 1.82) is 0 Å². The van der Waals surface area contributed by atoms with Gasteiger partial charge in [-0.2, -0.15) is 0 Å². The Kier molecular flexibility index (Phi) is 5.42. The van der Waals surface area contributed by atoms with E-state index in [-0.39, 0.29) is 5.82 Å². The van der Waals surface area contributed by atoms with Crippen LogP contribution in [0.5, 0.6) is 0 Å². The molecule has 32 heavy (non-hydrogen) atoms. The molecule has 0 aliphatic carbocycles. The highest BCUT2D eigenvalue weighted by atomic mass is 35.5. The lowest BCUT2D eigenvalue weighted by Crippen LogP contribution is -2.49. The predicted octanol–water partition coefficient (Wildman–Crippen LogP) is 3.95. The van der Waals surface area contributed by atoms with Crippen LogP contribution in [0, 0.1) is 5.82 Å². The van der Waals surface area contributed by atoms with Gasteiger partial charge in [0.1, 0.15) is 11.4 Å². The molecule has 0 fully saturated rings. The average molecular weight is 474 g/mol. The molecular weight excluding hydrogens is 453 g/mol. The van der Waals surface area contributed by atoms with Gasteiger partial charge < -0.3 is 10.3 Å². The summed E-state index contributed by atoms with van der Waals surface area (Å²) < 4.78 is 27.4. The number of rotatable bonds is 3. The lowest BCUT2D eigenvalue weighted by atomic mass is 9.92. The van der Waals surface area contributed by atoms with Crippen LogP contribution in [0.25, 0.3) is 22.8 Å². The van der Waals surface area contributed by atoms with Crippen LogP contribution in [0.2, 0.25) is 5.02 Å². The molecule has 0 unspecified atom stereocenters. The van der Waals surface area contributed by atoms with Crippen LogP contribution in [0.1, 0.15) is 25.3 Å². The second-order valence-corrected chi connectivity index (χ2v) is 9.99. The van der Waals surface area contributed by atoms with E-state index in [2.05, 4.69) is 15.1 Å². The summed E-state index contributed by atoms with van der Waals surface area (Å²) >= 11 is 5.85. The Bertz CT molecular complexity index is 1230. The summed E-state index contributed by atoms with van der Waals surface area (Å²) in [6.07, 6.45) is 5.03. The van der Waals surface area contributed by atoms with Gasteiger partial charge in [-0.05, 0) is 48.8 Å². The summed E-state index contributed by atoms with van der Waals surface area (Å²) in [5.74, 6) is 1.51. The molecule has 0 bridgehead atoms. The maximum atomic E-state index is 15.0. The smallest absolute Gasteiger partial charge is 0.203 e. The minimum absolute atomic E-state index is 0.347. The van der Waals surface area contributed by atoms with Crippen LogP contribution in [-0.4, -0.2) is 44.2 Å². The maximum absolute atomic E-state index is 15.0. The normalized spacial score (nSPS) is 23.2. The maximum Gasteiger partial charge on any atom is 0.203 e.